The number of carbonyl (C=O) groups is 2. The topological polar surface area (TPSA) is 78.9 Å². The first-order chi connectivity index (χ1) is 12.6. The number of nitrogens with zero attached hydrogens (tertiary/aromatic N) is 1. The smallest absolute Gasteiger partial charge is 0.341 e. The molecule has 2 N–H and O–H groups in total. The summed E-state index contributed by atoms with van der Waals surface area (Å²) in [6, 6.07) is 0.260. The zero-order valence-electron chi connectivity index (χ0n) is 15.4. The Labute approximate surface area is 158 Å². The Morgan fingerprint density at radius 2 is 2.08 bits per heavy atom. The average molecular weight is 381 g/mol. The number of anilines is 1. The number of carbonyl (C=O) groups excluding carboxylic acids is 2. The van der Waals surface area contributed by atoms with Gasteiger partial charge in [-0.1, -0.05) is 6.42 Å². The van der Waals surface area contributed by atoms with Crippen LogP contribution in [-0.2, 0) is 22.4 Å². The van der Waals surface area contributed by atoms with E-state index in [1.54, 1.807) is 0 Å². The highest BCUT2D eigenvalue weighted by molar-refractivity contribution is 7.17. The summed E-state index contributed by atoms with van der Waals surface area (Å²) in [5, 5.41) is 12.8. The number of aliphatic hydroxyl groups excluding tert-OH is 1. The SMILES string of the molecule is COC(=O)c1c(NC(=O)CN2CCCCC2CCO)sc2c1CCCC2. The lowest BCUT2D eigenvalue weighted by atomic mass is 9.95. The zero-order chi connectivity index (χ0) is 18.5. The average Bonchev–Trinajstić information content (AvgIpc) is 3.00. The van der Waals surface area contributed by atoms with Gasteiger partial charge in [0.15, 0.2) is 0 Å². The minimum atomic E-state index is -0.365. The number of aryl methyl sites for hydroxylation is 1. The van der Waals surface area contributed by atoms with Crippen molar-refractivity contribution in [1.29, 1.82) is 0 Å². The fourth-order valence-corrected chi connectivity index (χ4v) is 5.36. The number of thiophene rings is 1. The van der Waals surface area contributed by atoms with Gasteiger partial charge in [0, 0.05) is 17.5 Å². The predicted molar refractivity (Wildman–Crippen MR) is 102 cm³/mol. The Kier molecular flexibility index (Phi) is 6.67. The van der Waals surface area contributed by atoms with Crippen LogP contribution >= 0.6 is 11.3 Å². The van der Waals surface area contributed by atoms with E-state index >= 15 is 0 Å². The van der Waals surface area contributed by atoms with Gasteiger partial charge in [-0.2, -0.15) is 0 Å². The Hall–Kier alpha value is -1.44. The van der Waals surface area contributed by atoms with Crippen LogP contribution in [0.5, 0.6) is 0 Å². The Morgan fingerprint density at radius 1 is 1.27 bits per heavy atom. The van der Waals surface area contributed by atoms with Crippen molar-refractivity contribution in [3.8, 4) is 0 Å². The molecule has 1 aromatic heterocycles. The highest BCUT2D eigenvalue weighted by atomic mass is 32.1. The second kappa shape index (κ2) is 8.97. The van der Waals surface area contributed by atoms with Crippen molar-refractivity contribution < 1.29 is 19.4 Å². The summed E-state index contributed by atoms with van der Waals surface area (Å²) < 4.78 is 4.96. The maximum atomic E-state index is 12.6. The zero-order valence-corrected chi connectivity index (χ0v) is 16.2. The quantitative estimate of drug-likeness (QED) is 0.742. The van der Waals surface area contributed by atoms with E-state index in [4.69, 9.17) is 4.74 Å². The number of esters is 1. The second-order valence-corrected chi connectivity index (χ2v) is 8.19. The molecule has 0 spiro atoms. The third-order valence-corrected chi connectivity index (χ3v) is 6.58. The molecule has 1 aliphatic heterocycles. The van der Waals surface area contributed by atoms with Gasteiger partial charge in [0.25, 0.3) is 0 Å². The molecule has 1 aliphatic carbocycles. The van der Waals surface area contributed by atoms with Crippen LogP contribution in [0.15, 0.2) is 0 Å². The van der Waals surface area contributed by atoms with Crippen molar-refractivity contribution in [1.82, 2.24) is 4.90 Å². The summed E-state index contributed by atoms with van der Waals surface area (Å²) in [7, 11) is 1.38. The molecule has 1 amide bonds. The molecule has 0 aromatic carbocycles. The van der Waals surface area contributed by atoms with Gasteiger partial charge in [-0.3, -0.25) is 9.69 Å². The van der Waals surface area contributed by atoms with Crippen LogP contribution in [-0.4, -0.2) is 54.7 Å². The molecular weight excluding hydrogens is 352 g/mol. The third-order valence-electron chi connectivity index (χ3n) is 5.37. The Morgan fingerprint density at radius 3 is 2.85 bits per heavy atom. The van der Waals surface area contributed by atoms with Gasteiger partial charge in [0.1, 0.15) is 5.00 Å². The number of likely N-dealkylation sites (tertiary alicyclic amines) is 1. The Bertz CT molecular complexity index is 656. The number of nitrogens with one attached hydrogen (secondary N) is 1. The van der Waals surface area contributed by atoms with E-state index in [0.717, 1.165) is 57.1 Å². The minimum absolute atomic E-state index is 0.0985. The number of ether oxygens (including phenoxy) is 1. The molecule has 144 valence electrons. The molecule has 7 heteroatoms. The molecule has 0 bridgehead atoms. The van der Waals surface area contributed by atoms with E-state index in [0.29, 0.717) is 23.5 Å². The first-order valence-electron chi connectivity index (χ1n) is 9.51. The number of piperidine rings is 1. The number of rotatable bonds is 6. The largest absolute Gasteiger partial charge is 0.465 e. The highest BCUT2D eigenvalue weighted by Crippen LogP contribution is 2.38. The first kappa shape index (κ1) is 19.3. The van der Waals surface area contributed by atoms with E-state index < -0.39 is 0 Å². The standard InChI is InChI=1S/C19H28N2O4S/c1-25-19(24)17-14-7-2-3-8-15(14)26-18(17)20-16(23)12-21-10-5-4-6-13(21)9-11-22/h13,22H,2-12H2,1H3,(H,20,23). The molecule has 1 aromatic rings. The van der Waals surface area contributed by atoms with Gasteiger partial charge < -0.3 is 15.2 Å². The fraction of sp³-hybridized carbons (Fsp3) is 0.684. The fourth-order valence-electron chi connectivity index (χ4n) is 4.07. The van der Waals surface area contributed by atoms with Crippen molar-refractivity contribution in [2.45, 2.75) is 57.4 Å². The van der Waals surface area contributed by atoms with Gasteiger partial charge in [0.05, 0.1) is 19.2 Å². The molecule has 1 saturated heterocycles. The van der Waals surface area contributed by atoms with E-state index in [1.165, 1.54) is 23.3 Å². The highest BCUT2D eigenvalue weighted by Gasteiger charge is 2.28. The van der Waals surface area contributed by atoms with Crippen LogP contribution in [0.3, 0.4) is 0 Å². The minimum Gasteiger partial charge on any atom is -0.465 e. The van der Waals surface area contributed by atoms with Crippen molar-refractivity contribution in [3.63, 3.8) is 0 Å². The van der Waals surface area contributed by atoms with E-state index in [-0.39, 0.29) is 24.5 Å². The monoisotopic (exact) mass is 380 g/mol. The maximum absolute atomic E-state index is 12.6. The van der Waals surface area contributed by atoms with Crippen LogP contribution in [0.25, 0.3) is 0 Å². The van der Waals surface area contributed by atoms with Crippen molar-refractivity contribution in [2.24, 2.45) is 0 Å². The summed E-state index contributed by atoms with van der Waals surface area (Å²) in [6.45, 7) is 1.32. The molecule has 1 fully saturated rings. The third kappa shape index (κ3) is 4.27. The first-order valence-corrected chi connectivity index (χ1v) is 10.3. The molecule has 26 heavy (non-hydrogen) atoms. The molecule has 0 radical (unpaired) electrons. The van der Waals surface area contributed by atoms with Gasteiger partial charge in [-0.25, -0.2) is 4.79 Å². The van der Waals surface area contributed by atoms with Crippen molar-refractivity contribution in [2.75, 3.05) is 32.1 Å². The molecule has 3 rings (SSSR count). The van der Waals surface area contributed by atoms with Crippen LogP contribution in [0.2, 0.25) is 0 Å². The van der Waals surface area contributed by atoms with Gasteiger partial charge in [-0.05, 0) is 57.1 Å². The van der Waals surface area contributed by atoms with Crippen LogP contribution in [0, 0.1) is 0 Å². The molecular formula is C19H28N2O4S. The number of hydrogen-bond donors (Lipinski definition) is 2. The lowest BCUT2D eigenvalue weighted by Gasteiger charge is -2.34. The Balaban J connectivity index is 1.72. The number of amides is 1. The molecule has 1 atom stereocenters. The summed E-state index contributed by atoms with van der Waals surface area (Å²) in [5.74, 6) is -0.464. The molecule has 6 nitrogen and oxygen atoms in total. The number of hydrogen-bond acceptors (Lipinski definition) is 6. The van der Waals surface area contributed by atoms with Crippen LogP contribution in [0.4, 0.5) is 5.00 Å². The number of aliphatic hydroxyl groups is 1. The van der Waals surface area contributed by atoms with E-state index in [2.05, 4.69) is 10.2 Å². The van der Waals surface area contributed by atoms with E-state index in [9.17, 15) is 14.7 Å². The van der Waals surface area contributed by atoms with Crippen molar-refractivity contribution >= 4 is 28.2 Å². The van der Waals surface area contributed by atoms with E-state index in [1.807, 2.05) is 0 Å². The summed E-state index contributed by atoms with van der Waals surface area (Å²) in [4.78, 5) is 28.3. The van der Waals surface area contributed by atoms with Crippen LogP contribution in [0.1, 0.15) is 59.3 Å². The summed E-state index contributed by atoms with van der Waals surface area (Å²) in [6.07, 6.45) is 7.97. The molecule has 1 unspecified atom stereocenters. The molecule has 0 saturated carbocycles. The number of methoxy groups -OCH3 is 1. The lowest BCUT2D eigenvalue weighted by molar-refractivity contribution is -0.118. The summed E-state index contributed by atoms with van der Waals surface area (Å²) >= 11 is 1.52. The molecule has 2 heterocycles. The summed E-state index contributed by atoms with van der Waals surface area (Å²) in [5.41, 5.74) is 1.60. The molecule has 2 aliphatic rings. The number of fused-ring (bicyclic) bond motifs is 1. The van der Waals surface area contributed by atoms with Gasteiger partial charge in [0.2, 0.25) is 5.91 Å². The lowest BCUT2D eigenvalue weighted by Crippen LogP contribution is -2.44. The predicted octanol–water partition coefficient (Wildman–Crippen LogP) is 2.59. The van der Waals surface area contributed by atoms with Crippen LogP contribution < -0.4 is 5.32 Å². The van der Waals surface area contributed by atoms with Gasteiger partial charge in [-0.15, -0.1) is 11.3 Å². The maximum Gasteiger partial charge on any atom is 0.341 e. The van der Waals surface area contributed by atoms with Gasteiger partial charge >= 0.3 is 5.97 Å². The van der Waals surface area contributed by atoms with Crippen molar-refractivity contribution in [3.05, 3.63) is 16.0 Å². The normalized spacial score (nSPS) is 20.5. The second-order valence-electron chi connectivity index (χ2n) is 7.09.